The molecule has 22 heavy (non-hydrogen) atoms. The van der Waals surface area contributed by atoms with Crippen molar-refractivity contribution in [1.29, 1.82) is 0 Å². The van der Waals surface area contributed by atoms with Gasteiger partial charge in [0.1, 0.15) is 0 Å². The highest BCUT2D eigenvalue weighted by Crippen LogP contribution is 2.36. The van der Waals surface area contributed by atoms with E-state index in [9.17, 15) is 0 Å². The van der Waals surface area contributed by atoms with E-state index in [-0.39, 0.29) is 0 Å². The Hall–Kier alpha value is -2.74. The summed E-state index contributed by atoms with van der Waals surface area (Å²) in [4.78, 5) is 0. The van der Waals surface area contributed by atoms with Crippen molar-refractivity contribution >= 4 is 11.4 Å². The smallest absolute Gasteiger partial charge is 0.0317 e. The van der Waals surface area contributed by atoms with E-state index in [1.807, 2.05) is 24.3 Å². The van der Waals surface area contributed by atoms with Gasteiger partial charge < -0.3 is 11.5 Å². The Morgan fingerprint density at radius 1 is 0.545 bits per heavy atom. The van der Waals surface area contributed by atoms with Crippen LogP contribution < -0.4 is 11.5 Å². The second-order valence-electron chi connectivity index (χ2n) is 5.69. The summed E-state index contributed by atoms with van der Waals surface area (Å²) in [5.41, 5.74) is 20.6. The number of aryl methyl sites for hydroxylation is 2. The number of nitrogen functional groups attached to an aromatic ring is 2. The van der Waals surface area contributed by atoms with Crippen molar-refractivity contribution in [2.45, 2.75) is 13.8 Å². The van der Waals surface area contributed by atoms with Gasteiger partial charge in [0, 0.05) is 11.4 Å². The average molecular weight is 288 g/mol. The molecule has 3 aromatic rings. The molecule has 0 aliphatic rings. The van der Waals surface area contributed by atoms with E-state index in [4.69, 9.17) is 11.5 Å². The molecule has 0 atom stereocenters. The Morgan fingerprint density at radius 2 is 0.955 bits per heavy atom. The van der Waals surface area contributed by atoms with Gasteiger partial charge in [-0.3, -0.25) is 0 Å². The maximum absolute atomic E-state index is 5.88. The number of hydrogen-bond acceptors (Lipinski definition) is 2. The fraction of sp³-hybridized carbons (Fsp3) is 0.100. The van der Waals surface area contributed by atoms with Crippen LogP contribution in [0.25, 0.3) is 22.3 Å². The lowest BCUT2D eigenvalue weighted by molar-refractivity contribution is 1.43. The molecule has 0 aliphatic heterocycles. The van der Waals surface area contributed by atoms with Gasteiger partial charge in [-0.25, -0.2) is 0 Å². The molecule has 110 valence electrons. The van der Waals surface area contributed by atoms with Crippen LogP contribution in [-0.2, 0) is 0 Å². The first-order chi connectivity index (χ1) is 10.6. The SMILES string of the molecule is Cc1cc(N)ccc1-c1ccccc1-c1ccc(N)cc1C. The van der Waals surface area contributed by atoms with E-state index in [0.29, 0.717) is 0 Å². The molecule has 0 spiro atoms. The monoisotopic (exact) mass is 288 g/mol. The van der Waals surface area contributed by atoms with Gasteiger partial charge in [-0.2, -0.15) is 0 Å². The van der Waals surface area contributed by atoms with Gasteiger partial charge in [0.2, 0.25) is 0 Å². The zero-order valence-corrected chi connectivity index (χ0v) is 12.9. The lowest BCUT2D eigenvalue weighted by atomic mass is 9.90. The van der Waals surface area contributed by atoms with Crippen LogP contribution in [0.4, 0.5) is 11.4 Å². The lowest BCUT2D eigenvalue weighted by Gasteiger charge is -2.15. The molecule has 0 bridgehead atoms. The summed E-state index contributed by atoms with van der Waals surface area (Å²) in [5, 5.41) is 0. The topological polar surface area (TPSA) is 52.0 Å². The molecule has 0 fully saturated rings. The van der Waals surface area contributed by atoms with Crippen molar-refractivity contribution in [2.24, 2.45) is 0 Å². The van der Waals surface area contributed by atoms with Gasteiger partial charge in [0.25, 0.3) is 0 Å². The van der Waals surface area contributed by atoms with Gasteiger partial charge in [-0.15, -0.1) is 0 Å². The summed E-state index contributed by atoms with van der Waals surface area (Å²) in [5.74, 6) is 0. The van der Waals surface area contributed by atoms with Crippen LogP contribution in [-0.4, -0.2) is 0 Å². The predicted molar refractivity (Wildman–Crippen MR) is 95.6 cm³/mol. The van der Waals surface area contributed by atoms with E-state index in [1.54, 1.807) is 0 Å². The van der Waals surface area contributed by atoms with Gasteiger partial charge in [-0.1, -0.05) is 36.4 Å². The van der Waals surface area contributed by atoms with Crippen LogP contribution in [0.2, 0.25) is 0 Å². The summed E-state index contributed by atoms with van der Waals surface area (Å²) in [6.45, 7) is 4.19. The number of anilines is 2. The minimum atomic E-state index is 0.794. The zero-order valence-electron chi connectivity index (χ0n) is 12.9. The normalized spacial score (nSPS) is 10.6. The summed E-state index contributed by atoms with van der Waals surface area (Å²) in [6.07, 6.45) is 0. The number of benzene rings is 3. The lowest BCUT2D eigenvalue weighted by Crippen LogP contribution is -1.93. The van der Waals surface area contributed by atoms with Crippen molar-refractivity contribution in [1.82, 2.24) is 0 Å². The minimum Gasteiger partial charge on any atom is -0.399 e. The third-order valence-electron chi connectivity index (χ3n) is 4.01. The number of rotatable bonds is 2. The number of hydrogen-bond donors (Lipinski definition) is 2. The molecular weight excluding hydrogens is 268 g/mol. The molecule has 0 saturated heterocycles. The summed E-state index contributed by atoms with van der Waals surface area (Å²) in [7, 11) is 0. The van der Waals surface area contributed by atoms with E-state index >= 15 is 0 Å². The van der Waals surface area contributed by atoms with E-state index < -0.39 is 0 Å². The second-order valence-corrected chi connectivity index (χ2v) is 5.69. The molecule has 2 nitrogen and oxygen atoms in total. The Labute approximate surface area is 131 Å². The summed E-state index contributed by atoms with van der Waals surface area (Å²) in [6, 6.07) is 20.6. The first-order valence-electron chi connectivity index (χ1n) is 7.38. The maximum Gasteiger partial charge on any atom is 0.0317 e. The molecule has 4 N–H and O–H groups in total. The van der Waals surface area contributed by atoms with Gasteiger partial charge in [0.05, 0.1) is 0 Å². The summed E-state index contributed by atoms with van der Waals surface area (Å²) >= 11 is 0. The van der Waals surface area contributed by atoms with Crippen LogP contribution >= 0.6 is 0 Å². The Bertz CT molecular complexity index is 764. The van der Waals surface area contributed by atoms with Crippen LogP contribution in [0.5, 0.6) is 0 Å². The van der Waals surface area contributed by atoms with Crippen molar-refractivity contribution in [2.75, 3.05) is 11.5 Å². The average Bonchev–Trinajstić information content (AvgIpc) is 2.48. The molecule has 0 radical (unpaired) electrons. The Balaban J connectivity index is 2.22. The molecule has 0 heterocycles. The third-order valence-corrected chi connectivity index (χ3v) is 4.01. The molecular formula is C20H20N2. The van der Waals surface area contributed by atoms with Crippen LogP contribution in [0.15, 0.2) is 60.7 Å². The Morgan fingerprint density at radius 3 is 1.32 bits per heavy atom. The van der Waals surface area contributed by atoms with Crippen LogP contribution in [0.1, 0.15) is 11.1 Å². The first kappa shape index (κ1) is 14.2. The van der Waals surface area contributed by atoms with E-state index in [0.717, 1.165) is 11.4 Å². The maximum atomic E-state index is 5.88. The van der Waals surface area contributed by atoms with Crippen molar-refractivity contribution < 1.29 is 0 Å². The molecule has 2 heteroatoms. The quantitative estimate of drug-likeness (QED) is 0.665. The Kier molecular flexibility index (Phi) is 3.60. The molecule has 0 saturated carbocycles. The van der Waals surface area contributed by atoms with Crippen molar-refractivity contribution in [3.05, 3.63) is 71.8 Å². The van der Waals surface area contributed by atoms with E-state index in [1.165, 1.54) is 33.4 Å². The highest BCUT2D eigenvalue weighted by molar-refractivity contribution is 5.86. The number of nitrogens with two attached hydrogens (primary N) is 2. The van der Waals surface area contributed by atoms with Crippen LogP contribution in [0.3, 0.4) is 0 Å². The molecule has 3 rings (SSSR count). The minimum absolute atomic E-state index is 0.794. The highest BCUT2D eigenvalue weighted by Gasteiger charge is 2.11. The fourth-order valence-electron chi connectivity index (χ4n) is 2.93. The molecule has 0 amide bonds. The molecule has 0 aliphatic carbocycles. The van der Waals surface area contributed by atoms with Gasteiger partial charge in [0.15, 0.2) is 0 Å². The summed E-state index contributed by atoms with van der Waals surface area (Å²) < 4.78 is 0. The highest BCUT2D eigenvalue weighted by atomic mass is 14.5. The van der Waals surface area contributed by atoms with Gasteiger partial charge in [-0.05, 0) is 71.5 Å². The van der Waals surface area contributed by atoms with E-state index in [2.05, 4.69) is 50.2 Å². The zero-order chi connectivity index (χ0) is 15.7. The van der Waals surface area contributed by atoms with Gasteiger partial charge >= 0.3 is 0 Å². The molecule has 0 unspecified atom stereocenters. The second kappa shape index (κ2) is 5.57. The predicted octanol–water partition coefficient (Wildman–Crippen LogP) is 4.80. The molecule has 3 aromatic carbocycles. The fourth-order valence-corrected chi connectivity index (χ4v) is 2.93. The van der Waals surface area contributed by atoms with Crippen molar-refractivity contribution in [3.8, 4) is 22.3 Å². The molecule has 0 aromatic heterocycles. The largest absolute Gasteiger partial charge is 0.399 e. The third kappa shape index (κ3) is 2.56. The van der Waals surface area contributed by atoms with Crippen LogP contribution in [0, 0.1) is 13.8 Å². The standard InChI is InChI=1S/C20H20N2/c1-13-11-15(21)7-9-17(13)19-5-3-4-6-20(19)18-10-8-16(22)12-14(18)2/h3-12H,21-22H2,1-2H3. The first-order valence-corrected chi connectivity index (χ1v) is 7.38. The van der Waals surface area contributed by atoms with Crippen molar-refractivity contribution in [3.63, 3.8) is 0 Å².